The Morgan fingerprint density at radius 3 is 2.78 bits per heavy atom. The molecule has 0 amide bonds. The fourth-order valence-electron chi connectivity index (χ4n) is 1.48. The predicted octanol–water partition coefficient (Wildman–Crippen LogP) is 2.06. The molecule has 2 heterocycles. The monoisotopic (exact) mass is 240 g/mol. The molecule has 0 fully saturated rings. The van der Waals surface area contributed by atoms with E-state index in [1.165, 1.54) is 6.20 Å². The Morgan fingerprint density at radius 1 is 1.11 bits per heavy atom. The minimum absolute atomic E-state index is 0.139. The Kier molecular flexibility index (Phi) is 2.41. The fraction of sp³-hybridized carbons (Fsp3) is 0. The number of benzene rings is 1. The van der Waals surface area contributed by atoms with E-state index in [4.69, 9.17) is 0 Å². The Bertz CT molecular complexity index is 758. The topological polar surface area (TPSA) is 99.1 Å². The molecule has 0 aliphatic heterocycles. The van der Waals surface area contributed by atoms with Crippen LogP contribution in [0.25, 0.3) is 11.0 Å². The van der Waals surface area contributed by atoms with E-state index in [2.05, 4.69) is 30.4 Å². The number of aromatic amines is 2. The number of nitrogens with zero attached hydrogens (tertiary/aromatic N) is 4. The Hall–Kier alpha value is -2.83. The van der Waals surface area contributed by atoms with Crippen LogP contribution >= 0.6 is 0 Å². The van der Waals surface area contributed by atoms with Gasteiger partial charge in [0.1, 0.15) is 5.39 Å². The minimum atomic E-state index is -0.296. The molecule has 3 rings (SSSR count). The molecule has 0 bridgehead atoms. The summed E-state index contributed by atoms with van der Waals surface area (Å²) >= 11 is 0. The van der Waals surface area contributed by atoms with E-state index in [1.807, 2.05) is 18.2 Å². The molecule has 0 radical (unpaired) electrons. The van der Waals surface area contributed by atoms with Crippen LogP contribution in [0.2, 0.25) is 0 Å². The van der Waals surface area contributed by atoms with Gasteiger partial charge in [-0.05, 0) is 12.1 Å². The molecule has 2 N–H and O–H groups in total. The highest BCUT2D eigenvalue weighted by atomic mass is 16.1. The lowest BCUT2D eigenvalue weighted by atomic mass is 10.3. The summed E-state index contributed by atoms with van der Waals surface area (Å²) in [4.78, 5) is 18.2. The van der Waals surface area contributed by atoms with Crippen molar-refractivity contribution < 1.29 is 0 Å². The van der Waals surface area contributed by atoms with Crippen LogP contribution in [0.4, 0.5) is 11.6 Å². The third kappa shape index (κ3) is 1.88. The summed E-state index contributed by atoms with van der Waals surface area (Å²) in [5, 5.41) is 14.6. The highest BCUT2D eigenvalue weighted by Gasteiger charge is 2.04. The summed E-state index contributed by atoms with van der Waals surface area (Å²) in [6.07, 6.45) is 1.42. The van der Waals surface area contributed by atoms with E-state index in [9.17, 15) is 4.79 Å². The Balaban J connectivity index is 2.00. The number of H-pyrrole nitrogens is 2. The summed E-state index contributed by atoms with van der Waals surface area (Å²) in [6.45, 7) is 0. The Morgan fingerprint density at radius 2 is 1.94 bits per heavy atom. The summed E-state index contributed by atoms with van der Waals surface area (Å²) in [5.41, 5.74) is 0.779. The van der Waals surface area contributed by atoms with Gasteiger partial charge >= 0.3 is 0 Å². The van der Waals surface area contributed by atoms with Gasteiger partial charge in [-0.1, -0.05) is 18.2 Å². The summed E-state index contributed by atoms with van der Waals surface area (Å²) in [7, 11) is 0. The van der Waals surface area contributed by atoms with Crippen molar-refractivity contribution in [2.24, 2.45) is 10.2 Å². The molecule has 3 aromatic rings. The highest BCUT2D eigenvalue weighted by Crippen LogP contribution is 2.14. The number of azo groups is 1. The zero-order chi connectivity index (χ0) is 12.4. The lowest BCUT2D eigenvalue weighted by Crippen LogP contribution is -2.05. The van der Waals surface area contributed by atoms with Crippen LogP contribution < -0.4 is 5.56 Å². The van der Waals surface area contributed by atoms with Gasteiger partial charge < -0.3 is 0 Å². The van der Waals surface area contributed by atoms with Crippen molar-refractivity contribution >= 4 is 22.7 Å². The van der Waals surface area contributed by atoms with Crippen LogP contribution in [0.5, 0.6) is 0 Å². The van der Waals surface area contributed by atoms with E-state index < -0.39 is 0 Å². The molecule has 0 unspecified atom stereocenters. The van der Waals surface area contributed by atoms with Crippen molar-refractivity contribution in [2.45, 2.75) is 0 Å². The molecule has 0 saturated heterocycles. The maximum absolute atomic E-state index is 11.6. The standard InChI is InChI=1S/C11H8N6O/c18-10-8-6-12-16-9(8)13-11(14-10)17-15-7-4-2-1-3-5-7/h1-6H,(H2,12,13,14,16,18). The van der Waals surface area contributed by atoms with Gasteiger partial charge in [-0.25, -0.2) is 0 Å². The first kappa shape index (κ1) is 10.3. The molecule has 7 heteroatoms. The Labute approximate surface area is 101 Å². The average Bonchev–Trinajstić information content (AvgIpc) is 2.86. The molecule has 88 valence electrons. The number of nitrogens with one attached hydrogen (secondary N) is 2. The van der Waals surface area contributed by atoms with Crippen LogP contribution in [-0.4, -0.2) is 20.2 Å². The van der Waals surface area contributed by atoms with Crippen LogP contribution in [0.3, 0.4) is 0 Å². The first-order chi connectivity index (χ1) is 8.83. The number of rotatable bonds is 2. The quantitative estimate of drug-likeness (QED) is 0.670. The highest BCUT2D eigenvalue weighted by molar-refractivity contribution is 5.73. The van der Waals surface area contributed by atoms with Crippen LogP contribution in [0.15, 0.2) is 51.6 Å². The smallest absolute Gasteiger partial charge is 0.263 e. The number of hydrogen-bond acceptors (Lipinski definition) is 5. The van der Waals surface area contributed by atoms with Crippen molar-refractivity contribution in [1.29, 1.82) is 0 Å². The molecule has 7 nitrogen and oxygen atoms in total. The van der Waals surface area contributed by atoms with Gasteiger partial charge in [0.2, 0.25) is 0 Å². The molecule has 1 aromatic carbocycles. The van der Waals surface area contributed by atoms with Crippen LogP contribution in [0, 0.1) is 0 Å². The van der Waals surface area contributed by atoms with Crippen molar-refractivity contribution in [3.63, 3.8) is 0 Å². The largest absolute Gasteiger partial charge is 0.289 e. The molecule has 0 spiro atoms. The van der Waals surface area contributed by atoms with E-state index >= 15 is 0 Å². The van der Waals surface area contributed by atoms with Gasteiger partial charge in [0, 0.05) is 0 Å². The average molecular weight is 240 g/mol. The van der Waals surface area contributed by atoms with Gasteiger partial charge in [0.15, 0.2) is 5.65 Å². The van der Waals surface area contributed by atoms with Crippen molar-refractivity contribution in [3.05, 3.63) is 46.9 Å². The normalized spacial score (nSPS) is 11.3. The molecule has 0 aliphatic rings. The first-order valence-corrected chi connectivity index (χ1v) is 5.23. The second-order valence-electron chi connectivity index (χ2n) is 3.56. The second kappa shape index (κ2) is 4.21. The lowest BCUT2D eigenvalue weighted by molar-refractivity contribution is 1.05. The van der Waals surface area contributed by atoms with Gasteiger partial charge in [-0.15, -0.1) is 10.2 Å². The summed E-state index contributed by atoms with van der Waals surface area (Å²) in [5.74, 6) is 0.139. The molecular formula is C11H8N6O. The molecule has 0 saturated carbocycles. The predicted molar refractivity (Wildman–Crippen MR) is 65.1 cm³/mol. The van der Waals surface area contributed by atoms with Gasteiger partial charge in [-0.2, -0.15) is 10.1 Å². The first-order valence-electron chi connectivity index (χ1n) is 5.23. The van der Waals surface area contributed by atoms with Crippen molar-refractivity contribution in [1.82, 2.24) is 20.2 Å². The molecule has 2 aromatic heterocycles. The maximum atomic E-state index is 11.6. The lowest BCUT2D eigenvalue weighted by Gasteiger charge is -1.92. The van der Waals surface area contributed by atoms with Crippen LogP contribution in [0.1, 0.15) is 0 Å². The van der Waals surface area contributed by atoms with Crippen molar-refractivity contribution in [3.8, 4) is 0 Å². The van der Waals surface area contributed by atoms with Gasteiger partial charge in [-0.3, -0.25) is 14.9 Å². The summed E-state index contributed by atoms with van der Waals surface area (Å²) < 4.78 is 0. The van der Waals surface area contributed by atoms with Crippen molar-refractivity contribution in [2.75, 3.05) is 0 Å². The fourth-order valence-corrected chi connectivity index (χ4v) is 1.48. The zero-order valence-corrected chi connectivity index (χ0v) is 9.16. The van der Waals surface area contributed by atoms with E-state index in [0.717, 1.165) is 0 Å². The third-order valence-corrected chi connectivity index (χ3v) is 2.32. The number of hydrogen-bond donors (Lipinski definition) is 2. The molecule has 18 heavy (non-hydrogen) atoms. The summed E-state index contributed by atoms with van der Waals surface area (Å²) in [6, 6.07) is 9.19. The van der Waals surface area contributed by atoms with Gasteiger partial charge in [0.25, 0.3) is 11.5 Å². The van der Waals surface area contributed by atoms with E-state index in [1.54, 1.807) is 12.1 Å². The SMILES string of the molecule is O=c1[nH]c(N=Nc2ccccc2)nc2[nH]ncc12. The van der Waals surface area contributed by atoms with E-state index in [-0.39, 0.29) is 11.5 Å². The maximum Gasteiger partial charge on any atom is 0.263 e. The molecular weight excluding hydrogens is 232 g/mol. The van der Waals surface area contributed by atoms with Gasteiger partial charge in [0.05, 0.1) is 11.9 Å². The third-order valence-electron chi connectivity index (χ3n) is 2.32. The van der Waals surface area contributed by atoms with E-state index in [0.29, 0.717) is 16.7 Å². The minimum Gasteiger partial charge on any atom is -0.289 e. The number of fused-ring (bicyclic) bond motifs is 1. The molecule has 0 aliphatic carbocycles. The number of aromatic nitrogens is 4. The zero-order valence-electron chi connectivity index (χ0n) is 9.16. The second-order valence-corrected chi connectivity index (χ2v) is 3.56. The van der Waals surface area contributed by atoms with Crippen LogP contribution in [-0.2, 0) is 0 Å². The molecule has 0 atom stereocenters.